The van der Waals surface area contributed by atoms with Gasteiger partial charge in [-0.25, -0.2) is 9.71 Å². The molecule has 2 N–H and O–H groups in total. The van der Waals surface area contributed by atoms with Crippen molar-refractivity contribution in [1.82, 2.24) is 23.8 Å². The monoisotopic (exact) mass is 508 g/mol. The van der Waals surface area contributed by atoms with Crippen molar-refractivity contribution in [1.29, 1.82) is 0 Å². The van der Waals surface area contributed by atoms with Gasteiger partial charge in [0.2, 0.25) is 0 Å². The third-order valence-corrected chi connectivity index (χ3v) is 6.85. The molecule has 3 heterocycles. The number of pyridine rings is 1. The minimum absolute atomic E-state index is 0.0981. The second-order valence-corrected chi connectivity index (χ2v) is 9.68. The summed E-state index contributed by atoms with van der Waals surface area (Å²) in [6, 6.07) is 13.7. The lowest BCUT2D eigenvalue weighted by molar-refractivity contribution is 0.523. The van der Waals surface area contributed by atoms with Crippen molar-refractivity contribution in [2.45, 2.75) is 19.9 Å². The topological polar surface area (TPSA) is 108 Å². The van der Waals surface area contributed by atoms with E-state index in [1.165, 1.54) is 0 Å². The number of nitrogens with zero attached hydrogens (tertiary/aromatic N) is 3. The minimum atomic E-state index is -2.34. The van der Waals surface area contributed by atoms with Crippen molar-refractivity contribution >= 4 is 44.8 Å². The molecule has 0 aliphatic heterocycles. The van der Waals surface area contributed by atoms with Gasteiger partial charge in [-0.05, 0) is 60.4 Å². The summed E-state index contributed by atoms with van der Waals surface area (Å²) in [4.78, 5) is 20.5. The molecule has 0 fully saturated rings. The quantitative estimate of drug-likeness (QED) is 0.326. The maximum Gasteiger partial charge on any atom is 0.274 e. The zero-order valence-corrected chi connectivity index (χ0v) is 20.7. The first-order chi connectivity index (χ1) is 16.8. The van der Waals surface area contributed by atoms with E-state index in [0.717, 1.165) is 44.5 Å². The molecule has 0 saturated carbocycles. The minimum Gasteiger partial charge on any atom is -0.760 e. The van der Waals surface area contributed by atoms with Gasteiger partial charge in [-0.15, -0.1) is 0 Å². The predicted molar refractivity (Wildman–Crippen MR) is 138 cm³/mol. The Morgan fingerprint density at radius 3 is 2.83 bits per heavy atom. The fraction of sp³-hybridized carbons (Fsp3) is 0.200. The Hall–Kier alpha value is -3.24. The number of halogens is 1. The summed E-state index contributed by atoms with van der Waals surface area (Å²) < 4.78 is 28.2. The molecule has 180 valence electrons. The number of aromatic nitrogens is 4. The zero-order valence-electron chi connectivity index (χ0n) is 19.2. The van der Waals surface area contributed by atoms with Crippen LogP contribution in [0.3, 0.4) is 0 Å². The third kappa shape index (κ3) is 4.55. The van der Waals surface area contributed by atoms with Crippen LogP contribution >= 0.6 is 11.6 Å². The third-order valence-electron chi connectivity index (χ3n) is 6.17. The van der Waals surface area contributed by atoms with Crippen LogP contribution in [0.25, 0.3) is 33.1 Å². The fourth-order valence-electron chi connectivity index (χ4n) is 4.54. The average Bonchev–Trinajstić information content (AvgIpc) is 3.42. The van der Waals surface area contributed by atoms with Crippen LogP contribution in [0, 0.1) is 6.92 Å². The SMILES string of the molecule is Cc1nc2c(CCNS(=O)[O-])cc(-c3cn(C)c(=O)c4[nH]ccc34)cc2n1Cc1cccc(Cl)c1. The molecule has 0 bridgehead atoms. The number of aromatic amines is 1. The molecule has 0 saturated heterocycles. The van der Waals surface area contributed by atoms with Crippen molar-refractivity contribution < 1.29 is 8.76 Å². The van der Waals surface area contributed by atoms with Crippen LogP contribution < -0.4 is 10.3 Å². The van der Waals surface area contributed by atoms with Gasteiger partial charge in [0, 0.05) is 59.8 Å². The number of nitrogens with one attached hydrogen (secondary N) is 2. The van der Waals surface area contributed by atoms with Crippen LogP contribution in [0.1, 0.15) is 17.0 Å². The summed E-state index contributed by atoms with van der Waals surface area (Å²) in [7, 11) is 1.73. The Labute approximate surface area is 209 Å². The van der Waals surface area contributed by atoms with E-state index >= 15 is 0 Å². The highest BCUT2D eigenvalue weighted by molar-refractivity contribution is 7.77. The number of H-pyrrole nitrogens is 1. The number of benzene rings is 2. The molecular weight excluding hydrogens is 486 g/mol. The number of rotatable bonds is 7. The van der Waals surface area contributed by atoms with Gasteiger partial charge in [-0.1, -0.05) is 23.7 Å². The van der Waals surface area contributed by atoms with Crippen molar-refractivity contribution in [3.63, 3.8) is 0 Å². The summed E-state index contributed by atoms with van der Waals surface area (Å²) in [6.45, 7) is 2.79. The fourth-order valence-corrected chi connectivity index (χ4v) is 5.02. The first-order valence-electron chi connectivity index (χ1n) is 11.1. The molecule has 3 aromatic heterocycles. The van der Waals surface area contributed by atoms with Crippen LogP contribution in [0.2, 0.25) is 5.02 Å². The zero-order chi connectivity index (χ0) is 24.7. The molecule has 2 aromatic carbocycles. The van der Waals surface area contributed by atoms with Gasteiger partial charge in [-0.2, -0.15) is 0 Å². The van der Waals surface area contributed by atoms with E-state index in [-0.39, 0.29) is 12.1 Å². The highest BCUT2D eigenvalue weighted by Crippen LogP contribution is 2.32. The van der Waals surface area contributed by atoms with Crippen molar-refractivity contribution in [2.75, 3.05) is 6.54 Å². The van der Waals surface area contributed by atoms with Gasteiger partial charge >= 0.3 is 0 Å². The molecule has 0 aliphatic rings. The summed E-state index contributed by atoms with van der Waals surface area (Å²) in [5.74, 6) is 0.839. The van der Waals surface area contributed by atoms with Gasteiger partial charge < -0.3 is 18.7 Å². The lowest BCUT2D eigenvalue weighted by Gasteiger charge is -2.13. The number of imidazole rings is 1. The van der Waals surface area contributed by atoms with Crippen LogP contribution in [0.15, 0.2) is 59.7 Å². The molecule has 5 rings (SSSR count). The number of fused-ring (bicyclic) bond motifs is 2. The Kier molecular flexibility index (Phi) is 6.33. The molecule has 0 aliphatic carbocycles. The standard InChI is InChI=1S/C25H24ClN5O3S/c1-15-29-23-17(6-9-28-35(33)34)11-18(21-14-30(2)25(32)24-20(21)7-8-27-24)12-22(23)31(15)13-16-4-3-5-19(26)10-16/h3-5,7-8,10-12,14,27-28H,6,9,13H2,1-2H3,(H,33,34)/p-1. The normalized spacial score (nSPS) is 12.6. The molecule has 0 spiro atoms. The van der Waals surface area contributed by atoms with Crippen LogP contribution in [0.5, 0.6) is 0 Å². The largest absolute Gasteiger partial charge is 0.760 e. The van der Waals surface area contributed by atoms with Gasteiger partial charge in [0.05, 0.1) is 11.0 Å². The molecule has 10 heteroatoms. The summed E-state index contributed by atoms with van der Waals surface area (Å²) in [5.41, 5.74) is 5.98. The van der Waals surface area contributed by atoms with E-state index < -0.39 is 11.3 Å². The maximum absolute atomic E-state index is 12.6. The predicted octanol–water partition coefficient (Wildman–Crippen LogP) is 3.82. The Morgan fingerprint density at radius 1 is 1.23 bits per heavy atom. The molecular formula is C25H23ClN5O3S-. The average molecular weight is 509 g/mol. The lowest BCUT2D eigenvalue weighted by Crippen LogP contribution is -2.19. The second-order valence-electron chi connectivity index (χ2n) is 8.48. The van der Waals surface area contributed by atoms with E-state index in [2.05, 4.69) is 20.3 Å². The molecule has 1 unspecified atom stereocenters. The molecule has 35 heavy (non-hydrogen) atoms. The Bertz CT molecular complexity index is 1650. The first kappa shape index (κ1) is 23.5. The lowest BCUT2D eigenvalue weighted by atomic mass is 9.99. The van der Waals surface area contributed by atoms with Crippen LogP contribution in [-0.2, 0) is 31.3 Å². The van der Waals surface area contributed by atoms with Gasteiger partial charge in [-0.3, -0.25) is 9.00 Å². The molecule has 5 aromatic rings. The second kappa shape index (κ2) is 9.43. The van der Waals surface area contributed by atoms with Crippen LogP contribution in [0.4, 0.5) is 0 Å². The highest BCUT2D eigenvalue weighted by Gasteiger charge is 2.17. The highest BCUT2D eigenvalue weighted by atomic mass is 35.5. The molecule has 0 radical (unpaired) electrons. The van der Waals surface area contributed by atoms with Gasteiger partial charge in [0.1, 0.15) is 11.3 Å². The summed E-state index contributed by atoms with van der Waals surface area (Å²) in [6.07, 6.45) is 4.06. The van der Waals surface area contributed by atoms with Crippen molar-refractivity contribution in [3.05, 3.63) is 87.2 Å². The van der Waals surface area contributed by atoms with Crippen molar-refractivity contribution in [3.8, 4) is 11.1 Å². The van der Waals surface area contributed by atoms with Crippen LogP contribution in [-0.4, -0.2) is 34.4 Å². The number of hydrogen-bond acceptors (Lipinski definition) is 4. The van der Waals surface area contributed by atoms with E-state index in [1.807, 2.05) is 49.5 Å². The first-order valence-corrected chi connectivity index (χ1v) is 12.5. The van der Waals surface area contributed by atoms with E-state index in [9.17, 15) is 13.6 Å². The Balaban J connectivity index is 1.71. The van der Waals surface area contributed by atoms with E-state index in [1.54, 1.807) is 17.8 Å². The molecule has 8 nitrogen and oxygen atoms in total. The van der Waals surface area contributed by atoms with Gasteiger partial charge in [0.15, 0.2) is 0 Å². The van der Waals surface area contributed by atoms with Gasteiger partial charge in [0.25, 0.3) is 5.56 Å². The van der Waals surface area contributed by atoms with E-state index in [4.69, 9.17) is 16.6 Å². The smallest absolute Gasteiger partial charge is 0.274 e. The molecule has 1 atom stereocenters. The van der Waals surface area contributed by atoms with Crippen molar-refractivity contribution in [2.24, 2.45) is 7.05 Å². The number of hydrogen-bond donors (Lipinski definition) is 2. The summed E-state index contributed by atoms with van der Waals surface area (Å²) in [5, 5.41) is 1.50. The Morgan fingerprint density at radius 2 is 2.06 bits per heavy atom. The maximum atomic E-state index is 12.6. The molecule has 0 amide bonds. The number of aryl methyl sites for hydroxylation is 2. The summed E-state index contributed by atoms with van der Waals surface area (Å²) >= 11 is 3.87. The van der Waals surface area contributed by atoms with E-state index in [0.29, 0.717) is 23.5 Å².